The molecule has 0 bridgehead atoms. The van der Waals surface area contributed by atoms with E-state index in [1.54, 1.807) is 0 Å². The van der Waals surface area contributed by atoms with Gasteiger partial charge in [-0.3, -0.25) is 20.2 Å². The third-order valence-corrected chi connectivity index (χ3v) is 2.54. The molecule has 15 heavy (non-hydrogen) atoms. The SMILES string of the molecule is CCCCC(CCCC)([N+](=O)[O-])[N+](=O)[O-]. The molecule has 0 aliphatic rings. The Labute approximate surface area is 89.0 Å². The molecule has 0 aromatic heterocycles. The Hall–Kier alpha value is -1.20. The van der Waals surface area contributed by atoms with Crippen molar-refractivity contribution in [3.63, 3.8) is 0 Å². The smallest absolute Gasteiger partial charge is 0.258 e. The van der Waals surface area contributed by atoms with E-state index in [2.05, 4.69) is 0 Å². The first-order valence-corrected chi connectivity index (χ1v) is 5.30. The number of nitro groups is 2. The summed E-state index contributed by atoms with van der Waals surface area (Å²) in [6, 6.07) is 0. The van der Waals surface area contributed by atoms with Gasteiger partial charge in [0, 0.05) is 0 Å². The van der Waals surface area contributed by atoms with Crippen LogP contribution in [0.2, 0.25) is 0 Å². The molecule has 0 heterocycles. The quantitative estimate of drug-likeness (QED) is 0.356. The summed E-state index contributed by atoms with van der Waals surface area (Å²) in [6.07, 6.45) is 2.56. The Kier molecular flexibility index (Phi) is 5.81. The molecule has 0 aromatic carbocycles. The average molecular weight is 218 g/mol. The van der Waals surface area contributed by atoms with Crippen LogP contribution in [0.3, 0.4) is 0 Å². The standard InChI is InChI=1S/C9H18N2O4/c1-3-5-7-9(10(12)13,11(14)15)8-6-4-2/h3-8H2,1-2H3. The number of hydrogen-bond acceptors (Lipinski definition) is 4. The fraction of sp³-hybridized carbons (Fsp3) is 1.00. The van der Waals surface area contributed by atoms with Gasteiger partial charge in [0.15, 0.2) is 0 Å². The lowest BCUT2D eigenvalue weighted by molar-refractivity contribution is -0.799. The van der Waals surface area contributed by atoms with E-state index in [1.807, 2.05) is 13.8 Å². The fourth-order valence-electron chi connectivity index (χ4n) is 1.48. The van der Waals surface area contributed by atoms with E-state index in [-0.39, 0.29) is 12.8 Å². The second-order valence-corrected chi connectivity index (χ2v) is 3.70. The predicted octanol–water partition coefficient (Wildman–Crippen LogP) is 2.62. The van der Waals surface area contributed by atoms with E-state index in [0.717, 1.165) is 12.8 Å². The maximum atomic E-state index is 10.8. The van der Waals surface area contributed by atoms with Crippen LogP contribution in [-0.2, 0) is 0 Å². The lowest BCUT2D eigenvalue weighted by atomic mass is 9.97. The molecular formula is C9H18N2O4. The van der Waals surface area contributed by atoms with Crippen LogP contribution in [0, 0.1) is 20.2 Å². The Morgan fingerprint density at radius 2 is 1.27 bits per heavy atom. The Balaban J connectivity index is 4.73. The minimum Gasteiger partial charge on any atom is -0.258 e. The minimum absolute atomic E-state index is 0.0312. The molecule has 0 amide bonds. The zero-order chi connectivity index (χ0) is 11.9. The molecule has 0 unspecified atom stereocenters. The van der Waals surface area contributed by atoms with Crippen molar-refractivity contribution in [2.24, 2.45) is 0 Å². The van der Waals surface area contributed by atoms with Gasteiger partial charge in [-0.25, -0.2) is 0 Å². The molecule has 0 radical (unpaired) electrons. The molecule has 0 N–H and O–H groups in total. The van der Waals surface area contributed by atoms with E-state index >= 15 is 0 Å². The molecule has 6 nitrogen and oxygen atoms in total. The van der Waals surface area contributed by atoms with Crippen molar-refractivity contribution < 1.29 is 9.85 Å². The normalized spacial score (nSPS) is 11.3. The monoisotopic (exact) mass is 218 g/mol. The van der Waals surface area contributed by atoms with E-state index in [4.69, 9.17) is 0 Å². The van der Waals surface area contributed by atoms with E-state index in [0.29, 0.717) is 12.8 Å². The molecule has 0 spiro atoms. The van der Waals surface area contributed by atoms with Crippen molar-refractivity contribution in [2.75, 3.05) is 0 Å². The molecule has 0 aliphatic heterocycles. The molecule has 0 aliphatic carbocycles. The van der Waals surface area contributed by atoms with Crippen molar-refractivity contribution in [2.45, 2.75) is 58.0 Å². The van der Waals surface area contributed by atoms with Crippen molar-refractivity contribution >= 4 is 0 Å². The Bertz CT molecular complexity index is 206. The van der Waals surface area contributed by atoms with Gasteiger partial charge in [0.25, 0.3) is 0 Å². The minimum atomic E-state index is -1.95. The van der Waals surface area contributed by atoms with Gasteiger partial charge in [0.2, 0.25) is 0 Å². The summed E-state index contributed by atoms with van der Waals surface area (Å²) in [6.45, 7) is 3.73. The van der Waals surface area contributed by atoms with Crippen LogP contribution in [0.25, 0.3) is 0 Å². The van der Waals surface area contributed by atoms with E-state index < -0.39 is 15.5 Å². The number of hydrogen-bond donors (Lipinski definition) is 0. The molecule has 0 aromatic rings. The highest BCUT2D eigenvalue weighted by Gasteiger charge is 2.54. The van der Waals surface area contributed by atoms with Gasteiger partial charge in [-0.2, -0.15) is 0 Å². The maximum absolute atomic E-state index is 10.8. The second-order valence-electron chi connectivity index (χ2n) is 3.70. The number of nitrogens with zero attached hydrogens (tertiary/aromatic N) is 2. The summed E-state index contributed by atoms with van der Waals surface area (Å²) in [4.78, 5) is 20.2. The lowest BCUT2D eigenvalue weighted by Gasteiger charge is -2.16. The highest BCUT2D eigenvalue weighted by Crippen LogP contribution is 2.25. The highest BCUT2D eigenvalue weighted by atomic mass is 16.7. The van der Waals surface area contributed by atoms with Crippen LogP contribution in [0.1, 0.15) is 52.4 Å². The van der Waals surface area contributed by atoms with Crippen molar-refractivity contribution in [1.82, 2.24) is 0 Å². The van der Waals surface area contributed by atoms with Crippen LogP contribution in [-0.4, -0.2) is 15.5 Å². The van der Waals surface area contributed by atoms with Crippen LogP contribution >= 0.6 is 0 Å². The van der Waals surface area contributed by atoms with Crippen LogP contribution in [0.5, 0.6) is 0 Å². The first kappa shape index (κ1) is 13.8. The van der Waals surface area contributed by atoms with Gasteiger partial charge < -0.3 is 0 Å². The molecule has 0 rings (SSSR count). The Morgan fingerprint density at radius 1 is 0.933 bits per heavy atom. The van der Waals surface area contributed by atoms with Crippen LogP contribution in [0.15, 0.2) is 0 Å². The third-order valence-electron chi connectivity index (χ3n) is 2.54. The van der Waals surface area contributed by atoms with Gasteiger partial charge >= 0.3 is 5.66 Å². The molecule has 6 heteroatoms. The zero-order valence-corrected chi connectivity index (χ0v) is 9.27. The molecule has 88 valence electrons. The second kappa shape index (κ2) is 6.31. The third kappa shape index (κ3) is 3.45. The molecule has 0 saturated carbocycles. The largest absolute Gasteiger partial charge is 0.458 e. The molecule has 0 fully saturated rings. The first-order chi connectivity index (χ1) is 7.01. The number of rotatable bonds is 8. The van der Waals surface area contributed by atoms with Crippen LogP contribution in [0.4, 0.5) is 0 Å². The van der Waals surface area contributed by atoms with Gasteiger partial charge in [0.1, 0.15) is 0 Å². The van der Waals surface area contributed by atoms with Gasteiger partial charge in [-0.05, 0) is 12.8 Å². The first-order valence-electron chi connectivity index (χ1n) is 5.30. The predicted molar refractivity (Wildman–Crippen MR) is 55.8 cm³/mol. The van der Waals surface area contributed by atoms with Gasteiger partial charge in [0.05, 0.1) is 22.7 Å². The molecule has 0 atom stereocenters. The summed E-state index contributed by atoms with van der Waals surface area (Å²) in [5, 5.41) is 21.7. The van der Waals surface area contributed by atoms with E-state index in [9.17, 15) is 20.2 Å². The van der Waals surface area contributed by atoms with Gasteiger partial charge in [-0.1, -0.05) is 26.7 Å². The van der Waals surface area contributed by atoms with Crippen molar-refractivity contribution in [3.8, 4) is 0 Å². The van der Waals surface area contributed by atoms with Crippen molar-refractivity contribution in [3.05, 3.63) is 20.2 Å². The Morgan fingerprint density at radius 3 is 1.47 bits per heavy atom. The highest BCUT2D eigenvalue weighted by molar-refractivity contribution is 4.67. The topological polar surface area (TPSA) is 86.3 Å². The summed E-state index contributed by atoms with van der Waals surface area (Å²) >= 11 is 0. The molecular weight excluding hydrogens is 200 g/mol. The van der Waals surface area contributed by atoms with Crippen LogP contribution < -0.4 is 0 Å². The number of unbranched alkanes of at least 4 members (excludes halogenated alkanes) is 2. The van der Waals surface area contributed by atoms with Crippen molar-refractivity contribution in [1.29, 1.82) is 0 Å². The average Bonchev–Trinajstić information content (AvgIpc) is 2.17. The van der Waals surface area contributed by atoms with E-state index in [1.165, 1.54) is 0 Å². The summed E-state index contributed by atoms with van der Waals surface area (Å²) in [7, 11) is 0. The summed E-state index contributed by atoms with van der Waals surface area (Å²) in [5.74, 6) is 0. The fourth-order valence-corrected chi connectivity index (χ4v) is 1.48. The lowest BCUT2D eigenvalue weighted by Crippen LogP contribution is -2.46. The maximum Gasteiger partial charge on any atom is 0.458 e. The molecule has 0 saturated heterocycles. The van der Waals surface area contributed by atoms with Gasteiger partial charge in [-0.15, -0.1) is 0 Å². The summed E-state index contributed by atoms with van der Waals surface area (Å²) < 4.78 is 0. The summed E-state index contributed by atoms with van der Waals surface area (Å²) in [5.41, 5.74) is -1.95. The zero-order valence-electron chi connectivity index (χ0n) is 9.27.